The maximum Gasteiger partial charge on any atom is 0.0884 e. The zero-order chi connectivity index (χ0) is 13.7. The highest BCUT2D eigenvalue weighted by Crippen LogP contribution is 2.16. The fourth-order valence-electron chi connectivity index (χ4n) is 1.91. The number of nitrogens with one attached hydrogen (secondary N) is 1. The third-order valence-electron chi connectivity index (χ3n) is 3.28. The molecule has 0 bridgehead atoms. The summed E-state index contributed by atoms with van der Waals surface area (Å²) in [4.78, 5) is 4.33. The Labute approximate surface area is 111 Å². The molecule has 4 N–H and O–H groups in total. The molecule has 2 aromatic rings. The normalized spacial score (nSPS) is 11.9. The standard InChI is InChI=1S/C14H18N2O3/c17-8-14(9-18,10-19)16-7-12-4-1-3-11-5-2-6-15-13(11)12/h1-6,16-19H,7-10H2. The smallest absolute Gasteiger partial charge is 0.0884 e. The predicted molar refractivity (Wildman–Crippen MR) is 72.6 cm³/mol. The van der Waals surface area contributed by atoms with Crippen molar-refractivity contribution in [2.75, 3.05) is 19.8 Å². The van der Waals surface area contributed by atoms with E-state index < -0.39 is 5.54 Å². The Morgan fingerprint density at radius 2 is 1.68 bits per heavy atom. The summed E-state index contributed by atoms with van der Waals surface area (Å²) in [7, 11) is 0. The third-order valence-corrected chi connectivity index (χ3v) is 3.28. The number of aliphatic hydroxyl groups excluding tert-OH is 3. The number of rotatable bonds is 6. The zero-order valence-corrected chi connectivity index (χ0v) is 10.6. The molecular weight excluding hydrogens is 244 g/mol. The van der Waals surface area contributed by atoms with Gasteiger partial charge in [-0.3, -0.25) is 4.98 Å². The van der Waals surface area contributed by atoms with Crippen LogP contribution in [0.15, 0.2) is 36.5 Å². The average Bonchev–Trinajstić information content (AvgIpc) is 2.49. The van der Waals surface area contributed by atoms with Crippen LogP contribution in [0.1, 0.15) is 5.56 Å². The van der Waals surface area contributed by atoms with E-state index >= 15 is 0 Å². The van der Waals surface area contributed by atoms with Crippen molar-refractivity contribution in [2.45, 2.75) is 12.1 Å². The molecule has 0 fully saturated rings. The fourth-order valence-corrected chi connectivity index (χ4v) is 1.91. The third kappa shape index (κ3) is 2.90. The lowest BCUT2D eigenvalue weighted by molar-refractivity contribution is 0.0414. The Morgan fingerprint density at radius 3 is 2.37 bits per heavy atom. The van der Waals surface area contributed by atoms with Gasteiger partial charge in [-0.05, 0) is 11.6 Å². The Hall–Kier alpha value is -1.53. The summed E-state index contributed by atoms with van der Waals surface area (Å²) in [6, 6.07) is 9.68. The van der Waals surface area contributed by atoms with Gasteiger partial charge in [-0.25, -0.2) is 0 Å². The lowest BCUT2D eigenvalue weighted by Gasteiger charge is -2.29. The highest BCUT2D eigenvalue weighted by molar-refractivity contribution is 5.81. The quantitative estimate of drug-likeness (QED) is 0.590. The number of hydrogen-bond donors (Lipinski definition) is 4. The number of para-hydroxylation sites is 1. The van der Waals surface area contributed by atoms with Gasteiger partial charge in [0.25, 0.3) is 0 Å². The Bertz CT molecular complexity index is 527. The average molecular weight is 262 g/mol. The first kappa shape index (κ1) is 13.9. The first-order chi connectivity index (χ1) is 9.24. The van der Waals surface area contributed by atoms with Gasteiger partial charge in [-0.2, -0.15) is 0 Å². The minimum absolute atomic E-state index is 0.335. The highest BCUT2D eigenvalue weighted by Gasteiger charge is 2.27. The van der Waals surface area contributed by atoms with Gasteiger partial charge in [-0.1, -0.05) is 24.3 Å². The van der Waals surface area contributed by atoms with Crippen LogP contribution < -0.4 is 5.32 Å². The number of pyridine rings is 1. The summed E-state index contributed by atoms with van der Waals surface area (Å²) in [5, 5.41) is 31.8. The van der Waals surface area contributed by atoms with Crippen LogP contribution in [0.4, 0.5) is 0 Å². The first-order valence-corrected chi connectivity index (χ1v) is 6.15. The molecule has 102 valence electrons. The molecule has 0 amide bonds. The van der Waals surface area contributed by atoms with Gasteiger partial charge < -0.3 is 20.6 Å². The van der Waals surface area contributed by atoms with E-state index in [-0.39, 0.29) is 19.8 Å². The van der Waals surface area contributed by atoms with Crippen LogP contribution in [0.3, 0.4) is 0 Å². The Morgan fingerprint density at radius 1 is 1.00 bits per heavy atom. The second kappa shape index (κ2) is 6.08. The molecule has 0 spiro atoms. The molecule has 19 heavy (non-hydrogen) atoms. The molecule has 5 nitrogen and oxygen atoms in total. The molecule has 0 aliphatic rings. The molecule has 0 unspecified atom stereocenters. The summed E-state index contributed by atoms with van der Waals surface area (Å²) in [6.45, 7) is -0.593. The van der Waals surface area contributed by atoms with Crippen molar-refractivity contribution in [1.29, 1.82) is 0 Å². The number of aromatic nitrogens is 1. The minimum Gasteiger partial charge on any atom is -0.394 e. The molecule has 0 aliphatic heterocycles. The van der Waals surface area contributed by atoms with E-state index in [0.29, 0.717) is 6.54 Å². The van der Waals surface area contributed by atoms with Gasteiger partial charge in [0, 0.05) is 18.1 Å². The second-order valence-corrected chi connectivity index (χ2v) is 4.60. The van der Waals surface area contributed by atoms with Gasteiger partial charge in [0.05, 0.1) is 30.9 Å². The van der Waals surface area contributed by atoms with Crippen LogP contribution in [-0.2, 0) is 6.54 Å². The molecule has 0 saturated carbocycles. The maximum atomic E-state index is 9.27. The molecular formula is C14H18N2O3. The first-order valence-electron chi connectivity index (χ1n) is 6.15. The van der Waals surface area contributed by atoms with E-state index in [4.69, 9.17) is 0 Å². The minimum atomic E-state index is -1.07. The highest BCUT2D eigenvalue weighted by atomic mass is 16.3. The number of hydrogen-bond acceptors (Lipinski definition) is 5. The summed E-state index contributed by atoms with van der Waals surface area (Å²) in [5.41, 5.74) is 0.759. The zero-order valence-electron chi connectivity index (χ0n) is 10.6. The lowest BCUT2D eigenvalue weighted by Crippen LogP contribution is -2.54. The maximum absolute atomic E-state index is 9.27. The second-order valence-electron chi connectivity index (χ2n) is 4.60. The molecule has 1 aromatic heterocycles. The summed E-state index contributed by atoms with van der Waals surface area (Å²) < 4.78 is 0. The Balaban J connectivity index is 2.22. The SMILES string of the molecule is OCC(CO)(CO)NCc1cccc2cccnc12. The monoisotopic (exact) mass is 262 g/mol. The molecule has 5 heteroatoms. The molecule has 0 atom stereocenters. The molecule has 2 rings (SSSR count). The van der Waals surface area contributed by atoms with Gasteiger partial charge in [0.1, 0.15) is 0 Å². The van der Waals surface area contributed by atoms with Crippen molar-refractivity contribution in [2.24, 2.45) is 0 Å². The number of fused-ring (bicyclic) bond motifs is 1. The molecule has 1 aromatic carbocycles. The topological polar surface area (TPSA) is 85.6 Å². The van der Waals surface area contributed by atoms with Crippen LogP contribution in [0.25, 0.3) is 10.9 Å². The van der Waals surface area contributed by atoms with E-state index in [1.165, 1.54) is 0 Å². The van der Waals surface area contributed by atoms with Crippen molar-refractivity contribution in [3.05, 3.63) is 42.1 Å². The molecule has 1 heterocycles. The lowest BCUT2D eigenvalue weighted by atomic mass is 10.0. The van der Waals surface area contributed by atoms with Crippen molar-refractivity contribution in [3.63, 3.8) is 0 Å². The fraction of sp³-hybridized carbons (Fsp3) is 0.357. The van der Waals surface area contributed by atoms with Crippen molar-refractivity contribution in [3.8, 4) is 0 Å². The summed E-state index contributed by atoms with van der Waals surface area (Å²) in [5.74, 6) is 0. The number of benzene rings is 1. The van der Waals surface area contributed by atoms with Gasteiger partial charge >= 0.3 is 0 Å². The summed E-state index contributed by atoms with van der Waals surface area (Å²) >= 11 is 0. The van der Waals surface area contributed by atoms with Crippen molar-refractivity contribution in [1.82, 2.24) is 10.3 Å². The number of aliphatic hydroxyl groups is 3. The predicted octanol–water partition coefficient (Wildman–Crippen LogP) is 0.0401. The van der Waals surface area contributed by atoms with E-state index in [2.05, 4.69) is 10.3 Å². The molecule has 0 saturated heterocycles. The van der Waals surface area contributed by atoms with E-state index in [1.807, 2.05) is 30.3 Å². The van der Waals surface area contributed by atoms with Crippen LogP contribution in [-0.4, -0.2) is 45.7 Å². The van der Waals surface area contributed by atoms with E-state index in [0.717, 1.165) is 16.5 Å². The largest absolute Gasteiger partial charge is 0.394 e. The van der Waals surface area contributed by atoms with E-state index in [1.54, 1.807) is 6.20 Å². The van der Waals surface area contributed by atoms with Gasteiger partial charge in [-0.15, -0.1) is 0 Å². The van der Waals surface area contributed by atoms with Crippen LogP contribution in [0.5, 0.6) is 0 Å². The van der Waals surface area contributed by atoms with Gasteiger partial charge in [0.2, 0.25) is 0 Å². The van der Waals surface area contributed by atoms with Crippen molar-refractivity contribution < 1.29 is 15.3 Å². The van der Waals surface area contributed by atoms with E-state index in [9.17, 15) is 15.3 Å². The summed E-state index contributed by atoms with van der Waals surface area (Å²) in [6.07, 6.45) is 1.73. The number of nitrogens with zero attached hydrogens (tertiary/aromatic N) is 1. The van der Waals surface area contributed by atoms with Crippen LogP contribution in [0.2, 0.25) is 0 Å². The Kier molecular flexibility index (Phi) is 4.44. The van der Waals surface area contributed by atoms with Gasteiger partial charge in [0.15, 0.2) is 0 Å². The van der Waals surface area contributed by atoms with Crippen molar-refractivity contribution >= 4 is 10.9 Å². The molecule has 0 radical (unpaired) electrons. The van der Waals surface area contributed by atoms with Crippen LogP contribution in [0, 0.1) is 0 Å². The molecule has 0 aliphatic carbocycles. The van der Waals surface area contributed by atoms with Crippen LogP contribution >= 0.6 is 0 Å².